The molecule has 112 valence electrons. The number of anilines is 1. The van der Waals surface area contributed by atoms with Gasteiger partial charge in [-0.1, -0.05) is 30.3 Å². The fraction of sp³-hybridized carbons (Fsp3) is 0.267. The van der Waals surface area contributed by atoms with Crippen LogP contribution in [0.2, 0.25) is 0 Å². The van der Waals surface area contributed by atoms with E-state index in [1.54, 1.807) is 0 Å². The molecule has 0 bridgehead atoms. The first kappa shape index (κ1) is 13.1. The van der Waals surface area contributed by atoms with E-state index in [2.05, 4.69) is 9.97 Å². The van der Waals surface area contributed by atoms with Gasteiger partial charge in [-0.3, -0.25) is 0 Å². The van der Waals surface area contributed by atoms with Crippen molar-refractivity contribution in [1.29, 1.82) is 0 Å². The molecule has 0 unspecified atom stereocenters. The van der Waals surface area contributed by atoms with Gasteiger partial charge in [-0.2, -0.15) is 9.37 Å². The number of nitrogens with zero attached hydrogens (tertiary/aromatic N) is 3. The summed E-state index contributed by atoms with van der Waals surface area (Å²) in [6, 6.07) is 10.5. The molecule has 2 fully saturated rings. The van der Waals surface area contributed by atoms with E-state index in [1.165, 1.54) is 17.2 Å². The highest BCUT2D eigenvalue weighted by Gasteiger charge is 2.60. The summed E-state index contributed by atoms with van der Waals surface area (Å²) in [7, 11) is 0. The summed E-state index contributed by atoms with van der Waals surface area (Å²) in [5.41, 5.74) is 0.135. The van der Waals surface area contributed by atoms with E-state index in [0.29, 0.717) is 13.2 Å². The fourth-order valence-corrected chi connectivity index (χ4v) is 2.91. The van der Waals surface area contributed by atoms with Gasteiger partial charge in [0.2, 0.25) is 0 Å². The summed E-state index contributed by atoms with van der Waals surface area (Å²) < 4.78 is 24.1. The first-order chi connectivity index (χ1) is 10.7. The standard InChI is InChI=1S/C15H12FN3O3/c16-13-17-7-6-11(18-13)19-12(10-4-2-1-3-5-10)15(8-21-9-15)22-14(19)20/h1-7,12H,8-9H2/t12-/m0/s1. The van der Waals surface area contributed by atoms with Crippen LogP contribution in [0.4, 0.5) is 15.0 Å². The van der Waals surface area contributed by atoms with Crippen molar-refractivity contribution in [3.63, 3.8) is 0 Å². The minimum Gasteiger partial charge on any atom is -0.435 e. The molecule has 2 aliphatic rings. The molecule has 0 aliphatic carbocycles. The summed E-state index contributed by atoms with van der Waals surface area (Å²) in [5, 5.41) is 0. The number of carbonyl (C=O) groups excluding carboxylic acids is 1. The predicted octanol–water partition coefficient (Wildman–Crippen LogP) is 2.08. The molecule has 22 heavy (non-hydrogen) atoms. The van der Waals surface area contributed by atoms with E-state index < -0.39 is 23.8 Å². The van der Waals surface area contributed by atoms with E-state index >= 15 is 0 Å². The Labute approximate surface area is 125 Å². The topological polar surface area (TPSA) is 64.6 Å². The van der Waals surface area contributed by atoms with Crippen molar-refractivity contribution < 1.29 is 18.7 Å². The number of hydrogen-bond acceptors (Lipinski definition) is 5. The van der Waals surface area contributed by atoms with Crippen LogP contribution in [0.5, 0.6) is 0 Å². The second kappa shape index (κ2) is 4.74. The van der Waals surface area contributed by atoms with Crippen LogP contribution in [-0.2, 0) is 9.47 Å². The molecule has 1 aromatic carbocycles. The van der Waals surface area contributed by atoms with Crippen LogP contribution in [0.25, 0.3) is 0 Å². The largest absolute Gasteiger partial charge is 0.435 e. The molecule has 6 nitrogen and oxygen atoms in total. The van der Waals surface area contributed by atoms with E-state index in [4.69, 9.17) is 9.47 Å². The third-order valence-electron chi connectivity index (χ3n) is 3.91. The summed E-state index contributed by atoms with van der Waals surface area (Å²) in [5.74, 6) is 0.176. The Bertz CT molecular complexity index is 721. The Morgan fingerprint density at radius 1 is 1.23 bits per heavy atom. The van der Waals surface area contributed by atoms with Gasteiger partial charge in [0.1, 0.15) is 11.9 Å². The maximum atomic E-state index is 13.3. The number of ether oxygens (including phenoxy) is 2. The Hall–Kier alpha value is -2.54. The SMILES string of the molecule is O=C1OC2(COC2)[C@H](c2ccccc2)N1c1ccnc(F)n1. The van der Waals surface area contributed by atoms with Crippen LogP contribution < -0.4 is 4.90 Å². The molecule has 1 amide bonds. The lowest BCUT2D eigenvalue weighted by molar-refractivity contribution is -0.170. The number of rotatable bonds is 2. The third-order valence-corrected chi connectivity index (χ3v) is 3.91. The molecular formula is C15H12FN3O3. The molecule has 4 rings (SSSR count). The minimum absolute atomic E-state index is 0.176. The minimum atomic E-state index is -0.886. The molecule has 0 N–H and O–H groups in total. The zero-order chi connectivity index (χ0) is 15.2. The fourth-order valence-electron chi connectivity index (χ4n) is 2.91. The van der Waals surface area contributed by atoms with E-state index in [-0.39, 0.29) is 5.82 Å². The number of aromatic nitrogens is 2. The predicted molar refractivity (Wildman–Crippen MR) is 73.7 cm³/mol. The molecule has 3 heterocycles. The Morgan fingerprint density at radius 2 is 2.00 bits per heavy atom. The average Bonchev–Trinajstić information content (AvgIpc) is 2.82. The lowest BCUT2D eigenvalue weighted by Gasteiger charge is -2.40. The molecule has 7 heteroatoms. The molecule has 2 saturated heterocycles. The second-order valence-electron chi connectivity index (χ2n) is 5.29. The van der Waals surface area contributed by atoms with Crippen LogP contribution in [0.1, 0.15) is 11.6 Å². The van der Waals surface area contributed by atoms with Crippen molar-refractivity contribution in [3.8, 4) is 0 Å². The van der Waals surface area contributed by atoms with Crippen LogP contribution >= 0.6 is 0 Å². The first-order valence-corrected chi connectivity index (χ1v) is 6.83. The zero-order valence-corrected chi connectivity index (χ0v) is 11.5. The van der Waals surface area contributed by atoms with E-state index in [9.17, 15) is 9.18 Å². The van der Waals surface area contributed by atoms with Crippen molar-refractivity contribution >= 4 is 11.9 Å². The monoisotopic (exact) mass is 301 g/mol. The highest BCUT2D eigenvalue weighted by Crippen LogP contribution is 2.47. The molecule has 0 saturated carbocycles. The van der Waals surface area contributed by atoms with Crippen molar-refractivity contribution in [2.45, 2.75) is 11.6 Å². The van der Waals surface area contributed by atoms with Crippen LogP contribution in [0.15, 0.2) is 42.6 Å². The van der Waals surface area contributed by atoms with Gasteiger partial charge in [0, 0.05) is 6.20 Å². The Morgan fingerprint density at radius 3 is 2.64 bits per heavy atom. The van der Waals surface area contributed by atoms with Crippen molar-refractivity contribution in [2.75, 3.05) is 18.1 Å². The normalized spacial score (nSPS) is 22.5. The molecule has 1 spiro atoms. The summed E-state index contributed by atoms with van der Waals surface area (Å²) in [6.45, 7) is 0.616. The van der Waals surface area contributed by atoms with Gasteiger partial charge in [-0.15, -0.1) is 0 Å². The van der Waals surface area contributed by atoms with Crippen LogP contribution in [-0.4, -0.2) is 34.9 Å². The van der Waals surface area contributed by atoms with Crippen molar-refractivity contribution in [3.05, 3.63) is 54.2 Å². The maximum absolute atomic E-state index is 13.3. The Kier molecular flexibility index (Phi) is 2.83. The molecule has 0 radical (unpaired) electrons. The summed E-state index contributed by atoms with van der Waals surface area (Å²) in [4.78, 5) is 20.8. The highest BCUT2D eigenvalue weighted by molar-refractivity contribution is 5.90. The summed E-state index contributed by atoms with van der Waals surface area (Å²) >= 11 is 0. The van der Waals surface area contributed by atoms with Gasteiger partial charge < -0.3 is 9.47 Å². The maximum Gasteiger partial charge on any atom is 0.417 e. The van der Waals surface area contributed by atoms with E-state index in [0.717, 1.165) is 5.56 Å². The quantitative estimate of drug-likeness (QED) is 0.795. The van der Waals surface area contributed by atoms with Gasteiger partial charge in [-0.25, -0.2) is 14.7 Å². The number of amides is 1. The van der Waals surface area contributed by atoms with Gasteiger partial charge >= 0.3 is 12.2 Å². The lowest BCUT2D eigenvalue weighted by Crippen LogP contribution is -2.54. The van der Waals surface area contributed by atoms with Gasteiger partial charge in [0.15, 0.2) is 5.60 Å². The van der Waals surface area contributed by atoms with Gasteiger partial charge in [-0.05, 0) is 11.6 Å². The molecule has 1 aromatic heterocycles. The molecule has 2 aliphatic heterocycles. The number of hydrogen-bond donors (Lipinski definition) is 0. The number of halogens is 1. The highest BCUT2D eigenvalue weighted by atomic mass is 19.1. The van der Waals surface area contributed by atoms with Crippen molar-refractivity contribution in [2.24, 2.45) is 0 Å². The van der Waals surface area contributed by atoms with Crippen molar-refractivity contribution in [1.82, 2.24) is 9.97 Å². The lowest BCUT2D eigenvalue weighted by atomic mass is 9.86. The van der Waals surface area contributed by atoms with E-state index in [1.807, 2.05) is 30.3 Å². The molecular weight excluding hydrogens is 289 g/mol. The number of benzene rings is 1. The Balaban J connectivity index is 1.83. The zero-order valence-electron chi connectivity index (χ0n) is 11.5. The smallest absolute Gasteiger partial charge is 0.417 e. The summed E-state index contributed by atoms with van der Waals surface area (Å²) in [6.07, 6.45) is -0.173. The van der Waals surface area contributed by atoms with Crippen LogP contribution in [0, 0.1) is 6.08 Å². The molecule has 1 atom stereocenters. The van der Waals surface area contributed by atoms with Gasteiger partial charge in [0.25, 0.3) is 0 Å². The first-order valence-electron chi connectivity index (χ1n) is 6.83. The average molecular weight is 301 g/mol. The third kappa shape index (κ3) is 1.86. The molecule has 2 aromatic rings. The van der Waals surface area contributed by atoms with Crippen LogP contribution in [0.3, 0.4) is 0 Å². The van der Waals surface area contributed by atoms with Gasteiger partial charge in [0.05, 0.1) is 13.2 Å². The number of carbonyl (C=O) groups is 1. The second-order valence-corrected chi connectivity index (χ2v) is 5.29.